The first-order valence-electron chi connectivity index (χ1n) is 9.57. The molecule has 0 bridgehead atoms. The van der Waals surface area contributed by atoms with Gasteiger partial charge in [0.15, 0.2) is 0 Å². The third-order valence-corrected chi connectivity index (χ3v) is 6.36. The van der Waals surface area contributed by atoms with Crippen LogP contribution in [-0.2, 0) is 6.54 Å². The van der Waals surface area contributed by atoms with Crippen molar-refractivity contribution in [2.45, 2.75) is 44.3 Å². The molecule has 0 spiro atoms. The molecular weight excluding hydrogens is 484 g/mol. The Bertz CT molecular complexity index is 954. The minimum atomic E-state index is 0. The van der Waals surface area contributed by atoms with Gasteiger partial charge in [0.1, 0.15) is 0 Å². The van der Waals surface area contributed by atoms with Gasteiger partial charge < -0.3 is 10.6 Å². The summed E-state index contributed by atoms with van der Waals surface area (Å²) in [4.78, 5) is 4.42. The van der Waals surface area contributed by atoms with Crippen LogP contribution in [0.3, 0.4) is 0 Å². The van der Waals surface area contributed by atoms with Crippen molar-refractivity contribution in [1.29, 1.82) is 0 Å². The fourth-order valence-electron chi connectivity index (χ4n) is 3.86. The van der Waals surface area contributed by atoms with Crippen LogP contribution in [0.2, 0.25) is 15.1 Å². The Morgan fingerprint density at radius 3 is 2.23 bits per heavy atom. The van der Waals surface area contributed by atoms with E-state index in [1.165, 1.54) is 0 Å². The van der Waals surface area contributed by atoms with Crippen molar-refractivity contribution < 1.29 is 0 Å². The SMILES string of the molecule is Cl.Cl.Clc1ccc2c(NC3CCC(NCc4c(Cl)cccc4Cl)CC3)ccnc2c1. The molecule has 162 valence electrons. The van der Waals surface area contributed by atoms with E-state index in [2.05, 4.69) is 15.6 Å². The molecule has 1 saturated carbocycles. The normalized spacial score (nSPS) is 18.4. The molecule has 0 unspecified atom stereocenters. The first-order valence-corrected chi connectivity index (χ1v) is 10.7. The Hall–Kier alpha value is -0.940. The van der Waals surface area contributed by atoms with Crippen molar-refractivity contribution in [2.75, 3.05) is 5.32 Å². The molecule has 2 N–H and O–H groups in total. The maximum atomic E-state index is 6.27. The number of anilines is 1. The van der Waals surface area contributed by atoms with Crippen LogP contribution in [-0.4, -0.2) is 17.1 Å². The van der Waals surface area contributed by atoms with E-state index in [1.54, 1.807) is 0 Å². The number of nitrogens with zero attached hydrogens (tertiary/aromatic N) is 1. The lowest BCUT2D eigenvalue weighted by Gasteiger charge is -2.31. The van der Waals surface area contributed by atoms with Gasteiger partial charge in [-0.15, -0.1) is 24.8 Å². The molecule has 3 nitrogen and oxygen atoms in total. The Labute approximate surface area is 204 Å². The molecule has 4 rings (SSSR count). The highest BCUT2D eigenvalue weighted by Crippen LogP contribution is 2.29. The zero-order valence-corrected chi connectivity index (χ0v) is 20.1. The smallest absolute Gasteiger partial charge is 0.0737 e. The van der Waals surface area contributed by atoms with Crippen molar-refractivity contribution in [1.82, 2.24) is 10.3 Å². The van der Waals surface area contributed by atoms with Crippen LogP contribution in [0, 0.1) is 0 Å². The number of nitrogens with one attached hydrogen (secondary N) is 2. The van der Waals surface area contributed by atoms with Gasteiger partial charge in [0.05, 0.1) is 5.52 Å². The standard InChI is InChI=1S/C22H22Cl3N3.2ClH/c23-14-4-9-17-21(10-11-26-22(17)12-14)28-16-7-5-15(6-8-16)27-13-18-19(24)2-1-3-20(18)25;;/h1-4,9-12,15-16,27H,5-8,13H2,(H,26,28);2*1H. The lowest BCUT2D eigenvalue weighted by Crippen LogP contribution is -2.36. The van der Waals surface area contributed by atoms with Crippen LogP contribution in [0.15, 0.2) is 48.7 Å². The van der Waals surface area contributed by atoms with Crippen LogP contribution in [0.4, 0.5) is 5.69 Å². The molecule has 0 amide bonds. The Balaban J connectivity index is 0.00000160. The second-order valence-corrected chi connectivity index (χ2v) is 8.54. The predicted octanol–water partition coefficient (Wildman–Crippen LogP) is 7.55. The van der Waals surface area contributed by atoms with Crippen LogP contribution >= 0.6 is 59.6 Å². The quantitative estimate of drug-likeness (QED) is 0.374. The fraction of sp³-hybridized carbons (Fsp3) is 0.318. The summed E-state index contributed by atoms with van der Waals surface area (Å²) < 4.78 is 0. The molecule has 0 radical (unpaired) electrons. The van der Waals surface area contributed by atoms with E-state index in [9.17, 15) is 0 Å². The number of hydrogen-bond donors (Lipinski definition) is 2. The summed E-state index contributed by atoms with van der Waals surface area (Å²) in [7, 11) is 0. The fourth-order valence-corrected chi connectivity index (χ4v) is 4.55. The van der Waals surface area contributed by atoms with E-state index in [1.807, 2.05) is 48.7 Å². The Kier molecular flexibility index (Phi) is 9.80. The molecule has 1 fully saturated rings. The van der Waals surface area contributed by atoms with Crippen molar-refractivity contribution in [3.05, 3.63) is 69.3 Å². The number of benzene rings is 2. The summed E-state index contributed by atoms with van der Waals surface area (Å²) in [5.41, 5.74) is 3.03. The molecule has 0 saturated heterocycles. The van der Waals surface area contributed by atoms with Gasteiger partial charge in [-0.25, -0.2) is 0 Å². The summed E-state index contributed by atoms with van der Waals surface area (Å²) in [6.07, 6.45) is 6.31. The molecule has 2 aromatic carbocycles. The topological polar surface area (TPSA) is 37.0 Å². The van der Waals surface area contributed by atoms with Crippen LogP contribution < -0.4 is 10.6 Å². The summed E-state index contributed by atoms with van der Waals surface area (Å²) >= 11 is 18.6. The third kappa shape index (κ3) is 6.06. The number of pyridine rings is 1. The lowest BCUT2D eigenvalue weighted by atomic mass is 9.90. The van der Waals surface area contributed by atoms with E-state index < -0.39 is 0 Å². The summed E-state index contributed by atoms with van der Waals surface area (Å²) in [6, 6.07) is 14.5. The average molecular weight is 508 g/mol. The second kappa shape index (κ2) is 11.6. The van der Waals surface area contributed by atoms with Crippen LogP contribution in [0.25, 0.3) is 10.9 Å². The summed E-state index contributed by atoms with van der Waals surface area (Å²) in [5, 5.41) is 10.6. The van der Waals surface area contributed by atoms with Crippen molar-refractivity contribution >= 4 is 76.2 Å². The minimum absolute atomic E-state index is 0. The number of aromatic nitrogens is 1. The van der Waals surface area contributed by atoms with Crippen LogP contribution in [0.5, 0.6) is 0 Å². The highest BCUT2D eigenvalue weighted by Gasteiger charge is 2.21. The van der Waals surface area contributed by atoms with Gasteiger partial charge >= 0.3 is 0 Å². The van der Waals surface area contributed by atoms with Crippen LogP contribution in [0.1, 0.15) is 31.2 Å². The van der Waals surface area contributed by atoms with Crippen molar-refractivity contribution in [3.8, 4) is 0 Å². The molecule has 1 aromatic heterocycles. The molecule has 0 atom stereocenters. The van der Waals surface area contributed by atoms with Crippen molar-refractivity contribution in [2.24, 2.45) is 0 Å². The summed E-state index contributed by atoms with van der Waals surface area (Å²) in [6.45, 7) is 0.705. The number of rotatable bonds is 5. The molecular formula is C22H24Cl5N3. The van der Waals surface area contributed by atoms with Gasteiger partial charge in [-0.2, -0.15) is 0 Å². The average Bonchev–Trinajstić information content (AvgIpc) is 2.69. The van der Waals surface area contributed by atoms with E-state index >= 15 is 0 Å². The second-order valence-electron chi connectivity index (χ2n) is 7.29. The first kappa shape index (κ1) is 25.3. The first-order chi connectivity index (χ1) is 13.6. The Morgan fingerprint density at radius 1 is 0.867 bits per heavy atom. The van der Waals surface area contributed by atoms with E-state index in [0.717, 1.165) is 57.9 Å². The molecule has 3 aromatic rings. The molecule has 1 aliphatic rings. The summed E-state index contributed by atoms with van der Waals surface area (Å²) in [5.74, 6) is 0. The van der Waals surface area contributed by atoms with E-state index in [0.29, 0.717) is 23.7 Å². The van der Waals surface area contributed by atoms with E-state index in [-0.39, 0.29) is 24.8 Å². The van der Waals surface area contributed by atoms with Gasteiger partial charge in [-0.3, -0.25) is 4.98 Å². The largest absolute Gasteiger partial charge is 0.382 e. The van der Waals surface area contributed by atoms with Gasteiger partial charge in [0.2, 0.25) is 0 Å². The maximum absolute atomic E-state index is 6.27. The highest BCUT2D eigenvalue weighted by molar-refractivity contribution is 6.36. The number of fused-ring (bicyclic) bond motifs is 1. The van der Waals surface area contributed by atoms with E-state index in [4.69, 9.17) is 34.8 Å². The zero-order valence-electron chi connectivity index (χ0n) is 16.2. The van der Waals surface area contributed by atoms with Gasteiger partial charge in [-0.05, 0) is 62.1 Å². The molecule has 8 heteroatoms. The number of hydrogen-bond acceptors (Lipinski definition) is 3. The maximum Gasteiger partial charge on any atom is 0.0737 e. The Morgan fingerprint density at radius 2 is 1.53 bits per heavy atom. The minimum Gasteiger partial charge on any atom is -0.382 e. The van der Waals surface area contributed by atoms with Crippen molar-refractivity contribution in [3.63, 3.8) is 0 Å². The lowest BCUT2D eigenvalue weighted by molar-refractivity contribution is 0.353. The van der Waals surface area contributed by atoms with Gasteiger partial charge in [0.25, 0.3) is 0 Å². The van der Waals surface area contributed by atoms with Gasteiger partial charge in [0, 0.05) is 56.5 Å². The molecule has 30 heavy (non-hydrogen) atoms. The molecule has 1 aliphatic carbocycles. The molecule has 1 heterocycles. The van der Waals surface area contributed by atoms with Gasteiger partial charge in [-0.1, -0.05) is 40.9 Å². The zero-order chi connectivity index (χ0) is 19.5. The monoisotopic (exact) mass is 505 g/mol. The predicted molar refractivity (Wildman–Crippen MR) is 134 cm³/mol. The molecule has 0 aliphatic heterocycles. The highest BCUT2D eigenvalue weighted by atomic mass is 35.5. The number of halogens is 5. The third-order valence-electron chi connectivity index (χ3n) is 5.42.